The van der Waals surface area contributed by atoms with Crippen LogP contribution in [0.2, 0.25) is 0 Å². The van der Waals surface area contributed by atoms with Crippen LogP contribution in [0.1, 0.15) is 11.6 Å². The molecule has 0 aliphatic carbocycles. The fourth-order valence-corrected chi connectivity index (χ4v) is 2.06. The molecule has 1 N–H and O–H groups in total. The van der Waals surface area contributed by atoms with Crippen molar-refractivity contribution in [1.29, 1.82) is 0 Å². The zero-order chi connectivity index (χ0) is 12.0. The topological polar surface area (TPSA) is 67.6 Å². The lowest BCUT2D eigenvalue weighted by Gasteiger charge is -1.89. The molecular weight excluding hydrogens is 284 g/mol. The Hall–Kier alpha value is -1.69. The Labute approximate surface area is 105 Å². The number of fused-ring (bicyclic) bond motifs is 1. The van der Waals surface area contributed by atoms with Gasteiger partial charge in [-0.15, -0.1) is 0 Å². The lowest BCUT2D eigenvalue weighted by molar-refractivity contribution is 0.531. The van der Waals surface area contributed by atoms with Crippen LogP contribution in [0.15, 0.2) is 21.2 Å². The molecular formula is C11H9BrN4O. The van der Waals surface area contributed by atoms with E-state index in [1.807, 2.05) is 19.9 Å². The molecule has 3 heterocycles. The number of oxazole rings is 1. The van der Waals surface area contributed by atoms with Gasteiger partial charge in [0.15, 0.2) is 23.1 Å². The number of rotatable bonds is 1. The van der Waals surface area contributed by atoms with E-state index in [0.29, 0.717) is 23.1 Å². The van der Waals surface area contributed by atoms with E-state index in [1.54, 1.807) is 6.20 Å². The van der Waals surface area contributed by atoms with E-state index in [1.165, 1.54) is 0 Å². The van der Waals surface area contributed by atoms with Crippen molar-refractivity contribution in [3.8, 4) is 11.6 Å². The molecule has 0 amide bonds. The van der Waals surface area contributed by atoms with Crippen molar-refractivity contribution in [2.45, 2.75) is 13.8 Å². The van der Waals surface area contributed by atoms with E-state index in [9.17, 15) is 0 Å². The van der Waals surface area contributed by atoms with Crippen molar-refractivity contribution < 1.29 is 4.42 Å². The number of aromatic nitrogens is 4. The Morgan fingerprint density at radius 1 is 1.29 bits per heavy atom. The highest BCUT2D eigenvalue weighted by molar-refractivity contribution is 9.10. The molecule has 0 aromatic carbocycles. The van der Waals surface area contributed by atoms with Gasteiger partial charge in [0.2, 0.25) is 0 Å². The van der Waals surface area contributed by atoms with E-state index in [2.05, 4.69) is 35.9 Å². The van der Waals surface area contributed by atoms with Crippen LogP contribution in [0.25, 0.3) is 22.7 Å². The first-order valence-corrected chi connectivity index (χ1v) is 5.88. The van der Waals surface area contributed by atoms with Crippen LogP contribution in [0, 0.1) is 13.8 Å². The summed E-state index contributed by atoms with van der Waals surface area (Å²) in [6, 6.07) is 1.93. The van der Waals surface area contributed by atoms with Crippen molar-refractivity contribution >= 4 is 27.1 Å². The summed E-state index contributed by atoms with van der Waals surface area (Å²) in [7, 11) is 0. The van der Waals surface area contributed by atoms with Gasteiger partial charge in [-0.25, -0.2) is 15.0 Å². The second-order valence-corrected chi connectivity index (χ2v) is 4.67. The fourth-order valence-electron chi connectivity index (χ4n) is 1.73. The number of hydrogen-bond donors (Lipinski definition) is 1. The highest BCUT2D eigenvalue weighted by atomic mass is 79.9. The van der Waals surface area contributed by atoms with Crippen molar-refractivity contribution in [3.05, 3.63) is 28.3 Å². The summed E-state index contributed by atoms with van der Waals surface area (Å²) in [6.07, 6.45) is 1.71. The number of halogens is 1. The summed E-state index contributed by atoms with van der Waals surface area (Å²) in [4.78, 5) is 16.0. The number of H-pyrrole nitrogens is 1. The Morgan fingerprint density at radius 3 is 2.82 bits per heavy atom. The third-order valence-corrected chi connectivity index (χ3v) is 2.86. The molecule has 0 spiro atoms. The molecule has 0 atom stereocenters. The smallest absolute Gasteiger partial charge is 0.192 e. The fraction of sp³-hybridized carbons (Fsp3) is 0.182. The van der Waals surface area contributed by atoms with E-state index in [4.69, 9.17) is 4.42 Å². The summed E-state index contributed by atoms with van der Waals surface area (Å²) < 4.78 is 6.42. The molecule has 3 aromatic rings. The molecule has 0 aliphatic rings. The molecule has 0 radical (unpaired) electrons. The van der Waals surface area contributed by atoms with Crippen LogP contribution < -0.4 is 0 Å². The molecule has 0 bridgehead atoms. The number of aromatic amines is 1. The molecule has 86 valence electrons. The van der Waals surface area contributed by atoms with Crippen LogP contribution in [-0.4, -0.2) is 19.9 Å². The molecule has 5 nitrogen and oxygen atoms in total. The van der Waals surface area contributed by atoms with Gasteiger partial charge >= 0.3 is 0 Å². The van der Waals surface area contributed by atoms with Crippen molar-refractivity contribution in [2.24, 2.45) is 0 Å². The van der Waals surface area contributed by atoms with E-state index in [-0.39, 0.29) is 0 Å². The van der Waals surface area contributed by atoms with Gasteiger partial charge in [-0.3, -0.25) is 0 Å². The van der Waals surface area contributed by atoms with Gasteiger partial charge in [0.1, 0.15) is 0 Å². The van der Waals surface area contributed by atoms with Crippen LogP contribution in [0.3, 0.4) is 0 Å². The molecule has 0 aliphatic heterocycles. The number of nitrogens with zero attached hydrogens (tertiary/aromatic N) is 3. The van der Waals surface area contributed by atoms with Gasteiger partial charge in [0.25, 0.3) is 0 Å². The standard InChI is InChI=1S/C11H9BrN4O/c1-5-9(17-6(2)14-5)11-15-8-3-7(12)4-13-10(8)16-11/h3-4H,1-2H3,(H,13,15,16). The van der Waals surface area contributed by atoms with E-state index >= 15 is 0 Å². The van der Waals surface area contributed by atoms with Crippen molar-refractivity contribution in [2.75, 3.05) is 0 Å². The quantitative estimate of drug-likeness (QED) is 0.749. The molecule has 0 fully saturated rings. The number of nitrogens with one attached hydrogen (secondary N) is 1. The number of hydrogen-bond acceptors (Lipinski definition) is 4. The Bertz CT molecular complexity index is 701. The van der Waals surface area contributed by atoms with Gasteiger partial charge < -0.3 is 9.40 Å². The van der Waals surface area contributed by atoms with Crippen molar-refractivity contribution in [3.63, 3.8) is 0 Å². The van der Waals surface area contributed by atoms with E-state index < -0.39 is 0 Å². The average Bonchev–Trinajstić information content (AvgIpc) is 2.80. The largest absolute Gasteiger partial charge is 0.437 e. The maximum absolute atomic E-state index is 5.52. The van der Waals surface area contributed by atoms with Gasteiger partial charge in [-0.1, -0.05) is 0 Å². The third kappa shape index (κ3) is 1.74. The minimum absolute atomic E-state index is 0.632. The summed E-state index contributed by atoms with van der Waals surface area (Å²) >= 11 is 3.37. The first-order chi connectivity index (χ1) is 8.13. The molecule has 17 heavy (non-hydrogen) atoms. The highest BCUT2D eigenvalue weighted by Gasteiger charge is 2.14. The van der Waals surface area contributed by atoms with Crippen LogP contribution in [0.5, 0.6) is 0 Å². The van der Waals surface area contributed by atoms with Crippen molar-refractivity contribution in [1.82, 2.24) is 19.9 Å². The zero-order valence-electron chi connectivity index (χ0n) is 9.28. The maximum Gasteiger partial charge on any atom is 0.192 e. The molecule has 3 aromatic heterocycles. The molecule has 0 unspecified atom stereocenters. The zero-order valence-corrected chi connectivity index (χ0v) is 10.9. The Kier molecular flexibility index (Phi) is 2.25. The molecule has 6 heteroatoms. The lowest BCUT2D eigenvalue weighted by atomic mass is 10.3. The number of aryl methyl sites for hydroxylation is 2. The normalized spacial score (nSPS) is 11.2. The summed E-state index contributed by atoms with van der Waals surface area (Å²) in [5.41, 5.74) is 2.35. The van der Waals surface area contributed by atoms with Gasteiger partial charge in [-0.05, 0) is 28.9 Å². The van der Waals surface area contributed by atoms with Gasteiger partial charge in [-0.2, -0.15) is 0 Å². The second-order valence-electron chi connectivity index (χ2n) is 3.76. The average molecular weight is 293 g/mol. The summed E-state index contributed by atoms with van der Waals surface area (Å²) in [6.45, 7) is 3.70. The molecule has 0 saturated heterocycles. The maximum atomic E-state index is 5.52. The van der Waals surface area contributed by atoms with Crippen LogP contribution in [-0.2, 0) is 0 Å². The summed E-state index contributed by atoms with van der Waals surface area (Å²) in [5.74, 6) is 1.95. The Morgan fingerprint density at radius 2 is 2.12 bits per heavy atom. The van der Waals surface area contributed by atoms with Crippen LogP contribution in [0.4, 0.5) is 0 Å². The SMILES string of the molecule is Cc1nc(C)c(-c2nc3ncc(Br)cc3[nH]2)o1. The van der Waals surface area contributed by atoms with E-state index in [0.717, 1.165) is 15.7 Å². The lowest BCUT2D eigenvalue weighted by Crippen LogP contribution is -1.80. The Balaban J connectivity index is 2.21. The first kappa shape index (κ1) is 10.5. The number of imidazole rings is 1. The predicted molar refractivity (Wildman–Crippen MR) is 66.6 cm³/mol. The number of pyridine rings is 1. The van der Waals surface area contributed by atoms with Gasteiger partial charge in [0, 0.05) is 17.6 Å². The highest BCUT2D eigenvalue weighted by Crippen LogP contribution is 2.24. The second kappa shape index (κ2) is 3.66. The third-order valence-electron chi connectivity index (χ3n) is 2.42. The first-order valence-electron chi connectivity index (χ1n) is 5.09. The summed E-state index contributed by atoms with van der Waals surface area (Å²) in [5, 5.41) is 0. The van der Waals surface area contributed by atoms with Crippen LogP contribution >= 0.6 is 15.9 Å². The molecule has 0 saturated carbocycles. The minimum Gasteiger partial charge on any atom is -0.437 e. The molecule has 3 rings (SSSR count). The van der Waals surface area contributed by atoms with Gasteiger partial charge in [0.05, 0.1) is 11.2 Å². The monoisotopic (exact) mass is 292 g/mol. The predicted octanol–water partition coefficient (Wildman–Crippen LogP) is 2.99. The minimum atomic E-state index is 0.632.